The molecule has 2 amide bonds. The molecule has 194 valence electrons. The van der Waals surface area contributed by atoms with Gasteiger partial charge in [0.25, 0.3) is 5.91 Å². The molecule has 0 spiro atoms. The Morgan fingerprint density at radius 3 is 2.06 bits per heavy atom. The van der Waals surface area contributed by atoms with Gasteiger partial charge in [0.05, 0.1) is 18.3 Å². The van der Waals surface area contributed by atoms with Crippen molar-refractivity contribution in [2.45, 2.75) is 78.1 Å². The van der Waals surface area contributed by atoms with Crippen LogP contribution in [0.2, 0.25) is 0 Å². The van der Waals surface area contributed by atoms with E-state index in [-0.39, 0.29) is 12.5 Å². The third-order valence-electron chi connectivity index (χ3n) is 5.73. The maximum absolute atomic E-state index is 12.2. The van der Waals surface area contributed by atoms with Crippen molar-refractivity contribution in [2.75, 3.05) is 6.54 Å². The number of hydrazone groups is 1. The average molecular weight is 494 g/mol. The van der Waals surface area contributed by atoms with Crippen LogP contribution in [0.1, 0.15) is 92.6 Å². The third kappa shape index (κ3) is 12.3. The fourth-order valence-corrected chi connectivity index (χ4v) is 3.56. The van der Waals surface area contributed by atoms with Gasteiger partial charge < -0.3 is 10.1 Å². The molecule has 2 aromatic rings. The second kappa shape index (κ2) is 17.0. The number of hydrogen-bond donors (Lipinski definition) is 2. The Balaban J connectivity index is 1.58. The maximum atomic E-state index is 12.2. The summed E-state index contributed by atoms with van der Waals surface area (Å²) in [6, 6.07) is 13.9. The molecule has 7 heteroatoms. The lowest BCUT2D eigenvalue weighted by Gasteiger charge is -2.05. The minimum Gasteiger partial charge on any atom is -0.423 e. The van der Waals surface area contributed by atoms with Crippen molar-refractivity contribution in [3.05, 3.63) is 65.2 Å². The smallest absolute Gasteiger partial charge is 0.343 e. The highest BCUT2D eigenvalue weighted by Gasteiger charge is 2.08. The van der Waals surface area contributed by atoms with E-state index in [0.29, 0.717) is 17.7 Å². The normalized spacial score (nSPS) is 10.8. The molecule has 0 bridgehead atoms. The zero-order chi connectivity index (χ0) is 26.0. The van der Waals surface area contributed by atoms with Crippen LogP contribution in [-0.4, -0.2) is 30.5 Å². The number of carbonyl (C=O) groups excluding carboxylic acids is 3. The molecule has 0 saturated heterocycles. The number of carbonyl (C=O) groups is 3. The highest BCUT2D eigenvalue weighted by molar-refractivity contribution is 5.91. The van der Waals surface area contributed by atoms with Gasteiger partial charge in [-0.3, -0.25) is 9.59 Å². The van der Waals surface area contributed by atoms with Gasteiger partial charge in [0, 0.05) is 6.42 Å². The molecule has 0 unspecified atom stereocenters. The molecule has 0 saturated carbocycles. The van der Waals surface area contributed by atoms with E-state index in [1.54, 1.807) is 36.4 Å². The molecular formula is C29H39N3O4. The van der Waals surface area contributed by atoms with Crippen LogP contribution in [0.5, 0.6) is 5.75 Å². The Morgan fingerprint density at radius 1 is 0.806 bits per heavy atom. The Labute approximate surface area is 214 Å². The van der Waals surface area contributed by atoms with E-state index in [9.17, 15) is 14.4 Å². The monoisotopic (exact) mass is 493 g/mol. The summed E-state index contributed by atoms with van der Waals surface area (Å²) < 4.78 is 5.36. The summed E-state index contributed by atoms with van der Waals surface area (Å²) in [5.41, 5.74) is 4.67. The van der Waals surface area contributed by atoms with Gasteiger partial charge in [0.2, 0.25) is 5.91 Å². The summed E-state index contributed by atoms with van der Waals surface area (Å²) >= 11 is 0. The number of esters is 1. The molecule has 0 aliphatic heterocycles. The van der Waals surface area contributed by atoms with E-state index in [1.165, 1.54) is 44.7 Å². The summed E-state index contributed by atoms with van der Waals surface area (Å²) in [6.07, 6.45) is 12.7. The van der Waals surface area contributed by atoms with Gasteiger partial charge in [-0.1, -0.05) is 76.0 Å². The second-order valence-corrected chi connectivity index (χ2v) is 8.97. The van der Waals surface area contributed by atoms with Crippen molar-refractivity contribution in [1.82, 2.24) is 10.7 Å². The van der Waals surface area contributed by atoms with Crippen LogP contribution < -0.4 is 15.5 Å². The standard InChI is InChI=1S/C29H39N3O4/c1-3-4-5-6-7-8-9-10-11-12-27(33)30-22-28(34)32-31-21-24-15-19-26(20-16-24)36-29(35)25-17-13-23(2)14-18-25/h13-21H,3-12,22H2,1-2H3,(H,30,33)(H,32,34)/b31-21-. The van der Waals surface area contributed by atoms with Crippen molar-refractivity contribution < 1.29 is 19.1 Å². The number of amides is 2. The van der Waals surface area contributed by atoms with E-state index < -0.39 is 11.9 Å². The molecule has 0 aliphatic carbocycles. The molecule has 0 aliphatic rings. The number of aryl methyl sites for hydroxylation is 1. The van der Waals surface area contributed by atoms with E-state index in [2.05, 4.69) is 22.8 Å². The molecule has 2 aromatic carbocycles. The van der Waals surface area contributed by atoms with Crippen LogP contribution in [0, 0.1) is 6.92 Å². The van der Waals surface area contributed by atoms with Crippen molar-refractivity contribution in [1.29, 1.82) is 0 Å². The van der Waals surface area contributed by atoms with Crippen molar-refractivity contribution >= 4 is 24.0 Å². The number of benzene rings is 2. The number of rotatable bonds is 16. The summed E-state index contributed by atoms with van der Waals surface area (Å²) in [5, 5.41) is 6.53. The predicted octanol–water partition coefficient (Wildman–Crippen LogP) is 5.70. The Hall–Kier alpha value is -3.48. The zero-order valence-electron chi connectivity index (χ0n) is 21.6. The third-order valence-corrected chi connectivity index (χ3v) is 5.73. The number of nitrogens with one attached hydrogen (secondary N) is 2. The first-order chi connectivity index (χ1) is 17.5. The summed E-state index contributed by atoms with van der Waals surface area (Å²) in [5.74, 6) is -0.525. The first-order valence-corrected chi connectivity index (χ1v) is 13.0. The number of hydrogen-bond acceptors (Lipinski definition) is 5. The Kier molecular flexibility index (Phi) is 13.6. The maximum Gasteiger partial charge on any atom is 0.343 e. The first kappa shape index (κ1) is 28.8. The van der Waals surface area contributed by atoms with Gasteiger partial charge in [-0.2, -0.15) is 5.10 Å². The van der Waals surface area contributed by atoms with Gasteiger partial charge >= 0.3 is 5.97 Å². The lowest BCUT2D eigenvalue weighted by molar-refractivity contribution is -0.126. The molecular weight excluding hydrogens is 454 g/mol. The Morgan fingerprint density at radius 2 is 1.42 bits per heavy atom. The van der Waals surface area contributed by atoms with Crippen LogP contribution in [0.25, 0.3) is 0 Å². The van der Waals surface area contributed by atoms with Crippen LogP contribution >= 0.6 is 0 Å². The molecule has 7 nitrogen and oxygen atoms in total. The van der Waals surface area contributed by atoms with Crippen LogP contribution in [-0.2, 0) is 9.59 Å². The number of unbranched alkanes of at least 4 members (excludes halogenated alkanes) is 8. The fraction of sp³-hybridized carbons (Fsp3) is 0.448. The number of nitrogens with zero attached hydrogens (tertiary/aromatic N) is 1. The summed E-state index contributed by atoms with van der Waals surface area (Å²) in [6.45, 7) is 4.06. The van der Waals surface area contributed by atoms with Gasteiger partial charge in [-0.05, 0) is 55.3 Å². The largest absolute Gasteiger partial charge is 0.423 e. The van der Waals surface area contributed by atoms with Gasteiger partial charge in [0.15, 0.2) is 0 Å². The lowest BCUT2D eigenvalue weighted by atomic mass is 10.1. The lowest BCUT2D eigenvalue weighted by Crippen LogP contribution is -2.34. The molecule has 2 N–H and O–H groups in total. The minimum atomic E-state index is -0.427. The zero-order valence-corrected chi connectivity index (χ0v) is 21.6. The SMILES string of the molecule is CCCCCCCCCCCC(=O)NCC(=O)N/N=C\c1ccc(OC(=O)c2ccc(C)cc2)cc1. The van der Waals surface area contributed by atoms with Crippen LogP contribution in [0.4, 0.5) is 0 Å². The van der Waals surface area contributed by atoms with E-state index >= 15 is 0 Å². The van der Waals surface area contributed by atoms with Crippen molar-refractivity contribution in [3.8, 4) is 5.75 Å². The highest BCUT2D eigenvalue weighted by Crippen LogP contribution is 2.14. The summed E-state index contributed by atoms with van der Waals surface area (Å²) in [7, 11) is 0. The number of ether oxygens (including phenoxy) is 1. The minimum absolute atomic E-state index is 0.110. The second-order valence-electron chi connectivity index (χ2n) is 8.97. The van der Waals surface area contributed by atoms with Crippen molar-refractivity contribution in [3.63, 3.8) is 0 Å². The molecule has 0 heterocycles. The van der Waals surface area contributed by atoms with Crippen molar-refractivity contribution in [2.24, 2.45) is 5.10 Å². The molecule has 2 rings (SSSR count). The van der Waals surface area contributed by atoms with E-state index in [1.807, 2.05) is 19.1 Å². The molecule has 0 atom stereocenters. The van der Waals surface area contributed by atoms with Crippen LogP contribution in [0.3, 0.4) is 0 Å². The molecule has 0 fully saturated rings. The molecule has 36 heavy (non-hydrogen) atoms. The van der Waals surface area contributed by atoms with Crippen LogP contribution in [0.15, 0.2) is 53.6 Å². The Bertz CT molecular complexity index is 969. The predicted molar refractivity (Wildman–Crippen MR) is 143 cm³/mol. The molecule has 0 aromatic heterocycles. The van der Waals surface area contributed by atoms with Gasteiger partial charge in [-0.15, -0.1) is 0 Å². The highest BCUT2D eigenvalue weighted by atomic mass is 16.5. The van der Waals surface area contributed by atoms with Gasteiger partial charge in [0.1, 0.15) is 5.75 Å². The van der Waals surface area contributed by atoms with Gasteiger partial charge in [-0.25, -0.2) is 10.2 Å². The topological polar surface area (TPSA) is 96.9 Å². The first-order valence-electron chi connectivity index (χ1n) is 13.0. The quantitative estimate of drug-likeness (QED) is 0.103. The summed E-state index contributed by atoms with van der Waals surface area (Å²) in [4.78, 5) is 36.0. The molecule has 0 radical (unpaired) electrons. The van der Waals surface area contributed by atoms with E-state index in [0.717, 1.165) is 30.4 Å². The average Bonchev–Trinajstić information content (AvgIpc) is 2.88. The van der Waals surface area contributed by atoms with E-state index in [4.69, 9.17) is 4.74 Å². The fourth-order valence-electron chi connectivity index (χ4n) is 3.56.